The molecule has 0 amide bonds. The fraction of sp³-hybridized carbons (Fsp3) is 0.647. The van der Waals surface area contributed by atoms with Crippen LogP contribution < -0.4 is 5.32 Å². The summed E-state index contributed by atoms with van der Waals surface area (Å²) < 4.78 is 12.9. The highest BCUT2D eigenvalue weighted by Crippen LogP contribution is 2.38. The highest BCUT2D eigenvalue weighted by molar-refractivity contribution is 5.23. The van der Waals surface area contributed by atoms with Gasteiger partial charge in [-0.1, -0.05) is 31.9 Å². The van der Waals surface area contributed by atoms with Gasteiger partial charge in [-0.2, -0.15) is 0 Å². The van der Waals surface area contributed by atoms with Gasteiger partial charge in [-0.05, 0) is 55.2 Å². The van der Waals surface area contributed by atoms with Crippen molar-refractivity contribution in [1.29, 1.82) is 0 Å². The lowest BCUT2D eigenvalue weighted by atomic mass is 9.75. The Hall–Kier alpha value is -0.890. The Bertz CT molecular complexity index is 404. The number of hydrogen-bond donors (Lipinski definition) is 1. The first-order valence-electron chi connectivity index (χ1n) is 7.76. The molecule has 2 aliphatic rings. The molecule has 3 rings (SSSR count). The average Bonchev–Trinajstić information content (AvgIpc) is 3.17. The maximum absolute atomic E-state index is 12.9. The van der Waals surface area contributed by atoms with Gasteiger partial charge in [0.1, 0.15) is 5.82 Å². The summed E-state index contributed by atoms with van der Waals surface area (Å²) in [7, 11) is 0. The zero-order valence-electron chi connectivity index (χ0n) is 11.7. The van der Waals surface area contributed by atoms with Crippen LogP contribution in [-0.4, -0.2) is 12.1 Å². The average molecular weight is 261 g/mol. The highest BCUT2D eigenvalue weighted by atomic mass is 19.1. The zero-order chi connectivity index (χ0) is 13.2. The standard InChI is InChI=1S/C17H24FN/c1-2-16(9-12-3-4-12)19-17-10-14(11-17)13-5-7-15(18)8-6-13/h5-8,12,14,16-17,19H,2-4,9-11H2,1H3. The van der Waals surface area contributed by atoms with E-state index in [2.05, 4.69) is 12.2 Å². The maximum Gasteiger partial charge on any atom is 0.123 e. The Morgan fingerprint density at radius 3 is 2.47 bits per heavy atom. The fourth-order valence-electron chi connectivity index (χ4n) is 3.20. The summed E-state index contributed by atoms with van der Waals surface area (Å²) in [6.07, 6.45) is 7.93. The van der Waals surface area contributed by atoms with Gasteiger partial charge < -0.3 is 5.32 Å². The van der Waals surface area contributed by atoms with E-state index in [1.165, 1.54) is 44.1 Å². The molecule has 1 nitrogen and oxygen atoms in total. The molecular formula is C17H24FN. The molecule has 2 saturated carbocycles. The number of hydrogen-bond acceptors (Lipinski definition) is 1. The van der Waals surface area contributed by atoms with Crippen LogP contribution in [0.1, 0.15) is 56.9 Å². The summed E-state index contributed by atoms with van der Waals surface area (Å²) >= 11 is 0. The molecule has 0 saturated heterocycles. The van der Waals surface area contributed by atoms with Crippen molar-refractivity contribution >= 4 is 0 Å². The molecular weight excluding hydrogens is 237 g/mol. The number of benzene rings is 1. The Balaban J connectivity index is 1.45. The Labute approximate surface area is 115 Å². The van der Waals surface area contributed by atoms with E-state index in [0.717, 1.165) is 5.92 Å². The van der Waals surface area contributed by atoms with Gasteiger partial charge in [0.15, 0.2) is 0 Å². The van der Waals surface area contributed by atoms with Crippen LogP contribution in [-0.2, 0) is 0 Å². The van der Waals surface area contributed by atoms with Crippen molar-refractivity contribution in [3.8, 4) is 0 Å². The van der Waals surface area contributed by atoms with Gasteiger partial charge >= 0.3 is 0 Å². The van der Waals surface area contributed by atoms with Gasteiger partial charge in [-0.25, -0.2) is 4.39 Å². The Morgan fingerprint density at radius 2 is 1.89 bits per heavy atom. The largest absolute Gasteiger partial charge is 0.311 e. The normalized spacial score (nSPS) is 27.9. The lowest BCUT2D eigenvalue weighted by Crippen LogP contribution is -2.45. The first-order chi connectivity index (χ1) is 9.24. The molecule has 0 bridgehead atoms. The summed E-state index contributed by atoms with van der Waals surface area (Å²) in [4.78, 5) is 0. The zero-order valence-corrected chi connectivity index (χ0v) is 11.7. The number of rotatable bonds is 6. The predicted molar refractivity (Wildman–Crippen MR) is 76.7 cm³/mol. The first-order valence-corrected chi connectivity index (χ1v) is 7.76. The van der Waals surface area contributed by atoms with Crippen LogP contribution in [0.2, 0.25) is 0 Å². The molecule has 0 aromatic heterocycles. The van der Waals surface area contributed by atoms with Gasteiger partial charge in [0.05, 0.1) is 0 Å². The lowest BCUT2D eigenvalue weighted by molar-refractivity contribution is 0.252. The minimum Gasteiger partial charge on any atom is -0.311 e. The SMILES string of the molecule is CCC(CC1CC1)NC1CC(c2ccc(F)cc2)C1. The third-order valence-corrected chi connectivity index (χ3v) is 4.76. The van der Waals surface area contributed by atoms with Crippen molar-refractivity contribution in [2.45, 2.75) is 63.5 Å². The molecule has 1 atom stereocenters. The second-order valence-electron chi connectivity index (χ2n) is 6.37. The molecule has 0 aliphatic heterocycles. The van der Waals surface area contributed by atoms with E-state index in [4.69, 9.17) is 0 Å². The molecule has 0 heterocycles. The van der Waals surface area contributed by atoms with Crippen molar-refractivity contribution in [2.24, 2.45) is 5.92 Å². The molecule has 19 heavy (non-hydrogen) atoms. The third-order valence-electron chi connectivity index (χ3n) is 4.76. The van der Waals surface area contributed by atoms with E-state index in [0.29, 0.717) is 18.0 Å². The van der Waals surface area contributed by atoms with Crippen LogP contribution in [0.5, 0.6) is 0 Å². The lowest BCUT2D eigenvalue weighted by Gasteiger charge is -2.39. The van der Waals surface area contributed by atoms with E-state index < -0.39 is 0 Å². The van der Waals surface area contributed by atoms with Crippen LogP contribution in [0.4, 0.5) is 4.39 Å². The van der Waals surface area contributed by atoms with Crippen molar-refractivity contribution in [3.05, 3.63) is 35.6 Å². The smallest absolute Gasteiger partial charge is 0.123 e. The van der Waals surface area contributed by atoms with Gasteiger partial charge in [0, 0.05) is 12.1 Å². The van der Waals surface area contributed by atoms with Crippen LogP contribution in [0.25, 0.3) is 0 Å². The number of halogens is 1. The van der Waals surface area contributed by atoms with Gasteiger partial charge in [-0.3, -0.25) is 0 Å². The third kappa shape index (κ3) is 3.36. The maximum atomic E-state index is 12.9. The van der Waals surface area contributed by atoms with Crippen LogP contribution >= 0.6 is 0 Å². The molecule has 0 spiro atoms. The molecule has 104 valence electrons. The van der Waals surface area contributed by atoms with Crippen LogP contribution in [0.3, 0.4) is 0 Å². The molecule has 1 aromatic carbocycles. The summed E-state index contributed by atoms with van der Waals surface area (Å²) in [6.45, 7) is 2.29. The highest BCUT2D eigenvalue weighted by Gasteiger charge is 2.32. The molecule has 2 heteroatoms. The summed E-state index contributed by atoms with van der Waals surface area (Å²) in [5.74, 6) is 1.51. The van der Waals surface area contributed by atoms with E-state index in [1.807, 2.05) is 12.1 Å². The van der Waals surface area contributed by atoms with Gasteiger partial charge in [0.25, 0.3) is 0 Å². The van der Waals surface area contributed by atoms with Crippen molar-refractivity contribution in [3.63, 3.8) is 0 Å². The van der Waals surface area contributed by atoms with Crippen LogP contribution in [0.15, 0.2) is 24.3 Å². The van der Waals surface area contributed by atoms with Gasteiger partial charge in [-0.15, -0.1) is 0 Å². The molecule has 2 fully saturated rings. The monoisotopic (exact) mass is 261 g/mol. The molecule has 1 aromatic rings. The second kappa shape index (κ2) is 5.62. The van der Waals surface area contributed by atoms with Crippen LogP contribution in [0, 0.1) is 11.7 Å². The summed E-state index contributed by atoms with van der Waals surface area (Å²) in [5, 5.41) is 3.81. The van der Waals surface area contributed by atoms with Crippen molar-refractivity contribution < 1.29 is 4.39 Å². The molecule has 0 radical (unpaired) electrons. The quantitative estimate of drug-likeness (QED) is 0.807. The van der Waals surface area contributed by atoms with E-state index in [-0.39, 0.29) is 5.82 Å². The van der Waals surface area contributed by atoms with E-state index in [9.17, 15) is 4.39 Å². The van der Waals surface area contributed by atoms with E-state index in [1.54, 1.807) is 12.1 Å². The first kappa shape index (κ1) is 13.1. The summed E-state index contributed by atoms with van der Waals surface area (Å²) in [5.41, 5.74) is 1.30. The number of nitrogens with one attached hydrogen (secondary N) is 1. The minimum absolute atomic E-state index is 0.131. The Kier molecular flexibility index (Phi) is 3.88. The topological polar surface area (TPSA) is 12.0 Å². The molecule has 1 unspecified atom stereocenters. The fourth-order valence-corrected chi connectivity index (χ4v) is 3.20. The Morgan fingerprint density at radius 1 is 1.21 bits per heavy atom. The minimum atomic E-state index is -0.131. The molecule has 1 N–H and O–H groups in total. The second-order valence-corrected chi connectivity index (χ2v) is 6.37. The van der Waals surface area contributed by atoms with Gasteiger partial charge in [0.2, 0.25) is 0 Å². The molecule has 2 aliphatic carbocycles. The van der Waals surface area contributed by atoms with Crippen molar-refractivity contribution in [1.82, 2.24) is 5.32 Å². The van der Waals surface area contributed by atoms with Crippen molar-refractivity contribution in [2.75, 3.05) is 0 Å². The predicted octanol–water partition coefficient (Wildman–Crippen LogP) is 4.24. The van der Waals surface area contributed by atoms with E-state index >= 15 is 0 Å². The summed E-state index contributed by atoms with van der Waals surface area (Å²) in [6, 6.07) is 8.44.